The number of aromatic nitrogens is 2. The van der Waals surface area contributed by atoms with Crippen molar-refractivity contribution in [2.75, 3.05) is 0 Å². The van der Waals surface area contributed by atoms with Crippen molar-refractivity contribution in [3.05, 3.63) is 146 Å². The zero-order chi connectivity index (χ0) is 25.3. The zero-order valence-electron chi connectivity index (χ0n) is 20.8. The Bertz CT molecular complexity index is 1900. The summed E-state index contributed by atoms with van der Waals surface area (Å²) in [6.07, 6.45) is 1.89. The van der Waals surface area contributed by atoms with E-state index in [-0.39, 0.29) is 0 Å². The van der Waals surface area contributed by atoms with Gasteiger partial charge in [-0.2, -0.15) is 0 Å². The molecule has 2 heteroatoms. The standard InChI is InChI=1S/C36H24N2/c1-3-10-25(11-4-1)27-18-19-35-33(23-27)32(24-36(38-35)26-12-5-2-6-13-26)29-15-9-14-28(22-29)30-20-21-37-34-17-8-7-16-31(30)34/h1-24H. The van der Waals surface area contributed by atoms with Gasteiger partial charge in [0.2, 0.25) is 0 Å². The van der Waals surface area contributed by atoms with Crippen LogP contribution in [0.2, 0.25) is 0 Å². The van der Waals surface area contributed by atoms with E-state index in [1.165, 1.54) is 27.8 Å². The van der Waals surface area contributed by atoms with E-state index in [9.17, 15) is 0 Å². The minimum absolute atomic E-state index is 0.973. The molecule has 38 heavy (non-hydrogen) atoms. The molecule has 0 saturated heterocycles. The van der Waals surface area contributed by atoms with Crippen LogP contribution in [0.4, 0.5) is 0 Å². The van der Waals surface area contributed by atoms with Crippen molar-refractivity contribution in [2.24, 2.45) is 0 Å². The molecule has 7 aromatic rings. The molecule has 2 heterocycles. The van der Waals surface area contributed by atoms with Gasteiger partial charge in [0.05, 0.1) is 16.7 Å². The molecular weight excluding hydrogens is 460 g/mol. The van der Waals surface area contributed by atoms with Crippen LogP contribution in [0.15, 0.2) is 146 Å². The van der Waals surface area contributed by atoms with Crippen LogP contribution >= 0.6 is 0 Å². The zero-order valence-corrected chi connectivity index (χ0v) is 20.8. The first kappa shape index (κ1) is 22.1. The molecule has 0 atom stereocenters. The number of nitrogens with zero attached hydrogens (tertiary/aromatic N) is 2. The summed E-state index contributed by atoms with van der Waals surface area (Å²) in [5.41, 5.74) is 11.2. The molecule has 0 fully saturated rings. The molecule has 178 valence electrons. The summed E-state index contributed by atoms with van der Waals surface area (Å²) in [7, 11) is 0. The first-order valence-electron chi connectivity index (χ1n) is 12.8. The van der Waals surface area contributed by atoms with Crippen LogP contribution in [0, 0.1) is 0 Å². The van der Waals surface area contributed by atoms with Crippen molar-refractivity contribution in [3.8, 4) is 44.6 Å². The largest absolute Gasteiger partial charge is 0.256 e. The maximum absolute atomic E-state index is 5.08. The van der Waals surface area contributed by atoms with Gasteiger partial charge in [0.15, 0.2) is 0 Å². The predicted molar refractivity (Wildman–Crippen MR) is 159 cm³/mol. The van der Waals surface area contributed by atoms with Gasteiger partial charge in [0.25, 0.3) is 0 Å². The number of benzene rings is 5. The van der Waals surface area contributed by atoms with E-state index < -0.39 is 0 Å². The molecule has 0 aliphatic carbocycles. The Balaban J connectivity index is 1.46. The van der Waals surface area contributed by atoms with Gasteiger partial charge in [-0.15, -0.1) is 0 Å². The highest BCUT2D eigenvalue weighted by Gasteiger charge is 2.13. The Morgan fingerprint density at radius 2 is 1.05 bits per heavy atom. The van der Waals surface area contributed by atoms with E-state index in [2.05, 4.69) is 132 Å². The van der Waals surface area contributed by atoms with E-state index in [1.54, 1.807) is 0 Å². The Morgan fingerprint density at radius 1 is 0.368 bits per heavy atom. The second-order valence-electron chi connectivity index (χ2n) is 9.48. The fourth-order valence-electron chi connectivity index (χ4n) is 5.23. The molecule has 0 amide bonds. The summed E-state index contributed by atoms with van der Waals surface area (Å²) in [6, 6.07) is 49.0. The van der Waals surface area contributed by atoms with Crippen LogP contribution in [-0.2, 0) is 0 Å². The van der Waals surface area contributed by atoms with Gasteiger partial charge in [-0.05, 0) is 69.8 Å². The van der Waals surface area contributed by atoms with Gasteiger partial charge >= 0.3 is 0 Å². The lowest BCUT2D eigenvalue weighted by molar-refractivity contribution is 1.39. The van der Waals surface area contributed by atoms with E-state index in [1.807, 2.05) is 18.3 Å². The molecule has 5 aromatic carbocycles. The second kappa shape index (κ2) is 9.42. The number of hydrogen-bond donors (Lipinski definition) is 0. The Kier molecular flexibility index (Phi) is 5.49. The fraction of sp³-hybridized carbons (Fsp3) is 0. The minimum atomic E-state index is 0.973. The molecule has 2 aromatic heterocycles. The van der Waals surface area contributed by atoms with Gasteiger partial charge in [-0.25, -0.2) is 4.98 Å². The van der Waals surface area contributed by atoms with Crippen molar-refractivity contribution < 1.29 is 0 Å². The normalized spacial score (nSPS) is 11.2. The Morgan fingerprint density at radius 3 is 1.87 bits per heavy atom. The van der Waals surface area contributed by atoms with Crippen LogP contribution in [-0.4, -0.2) is 9.97 Å². The molecule has 2 nitrogen and oxygen atoms in total. The Hall–Kier alpha value is -5.08. The van der Waals surface area contributed by atoms with Crippen LogP contribution in [0.3, 0.4) is 0 Å². The van der Waals surface area contributed by atoms with E-state index in [4.69, 9.17) is 4.98 Å². The maximum Gasteiger partial charge on any atom is 0.0716 e. The van der Waals surface area contributed by atoms with Gasteiger partial charge in [0.1, 0.15) is 0 Å². The van der Waals surface area contributed by atoms with Crippen molar-refractivity contribution in [2.45, 2.75) is 0 Å². The van der Waals surface area contributed by atoms with Crippen LogP contribution in [0.5, 0.6) is 0 Å². The fourth-order valence-corrected chi connectivity index (χ4v) is 5.23. The SMILES string of the molecule is c1ccc(-c2ccc3nc(-c4ccccc4)cc(-c4cccc(-c5ccnc6ccccc56)c4)c3c2)cc1. The summed E-state index contributed by atoms with van der Waals surface area (Å²) in [4.78, 5) is 9.64. The van der Waals surface area contributed by atoms with E-state index >= 15 is 0 Å². The smallest absolute Gasteiger partial charge is 0.0716 e. The first-order valence-corrected chi connectivity index (χ1v) is 12.8. The number of rotatable bonds is 4. The lowest BCUT2D eigenvalue weighted by atomic mass is 9.93. The average Bonchev–Trinajstić information content (AvgIpc) is 3.01. The highest BCUT2D eigenvalue weighted by molar-refractivity contribution is 6.00. The molecule has 0 spiro atoms. The van der Waals surface area contributed by atoms with Crippen molar-refractivity contribution in [1.29, 1.82) is 0 Å². The molecule has 0 saturated carbocycles. The summed E-state index contributed by atoms with van der Waals surface area (Å²) in [6.45, 7) is 0. The number of fused-ring (bicyclic) bond motifs is 2. The Labute approximate surface area is 221 Å². The van der Waals surface area contributed by atoms with Gasteiger partial charge in [-0.3, -0.25) is 4.98 Å². The molecule has 0 aliphatic rings. The van der Waals surface area contributed by atoms with Crippen LogP contribution in [0.25, 0.3) is 66.4 Å². The lowest BCUT2D eigenvalue weighted by Gasteiger charge is -2.14. The minimum Gasteiger partial charge on any atom is -0.256 e. The predicted octanol–water partition coefficient (Wildman–Crippen LogP) is 9.45. The molecular formula is C36H24N2. The van der Waals surface area contributed by atoms with Gasteiger partial charge in [-0.1, -0.05) is 103 Å². The lowest BCUT2D eigenvalue weighted by Crippen LogP contribution is -1.91. The van der Waals surface area contributed by atoms with Crippen molar-refractivity contribution >= 4 is 21.8 Å². The first-order chi connectivity index (χ1) is 18.8. The molecule has 0 aliphatic heterocycles. The monoisotopic (exact) mass is 484 g/mol. The second-order valence-corrected chi connectivity index (χ2v) is 9.48. The third kappa shape index (κ3) is 4.03. The van der Waals surface area contributed by atoms with Crippen molar-refractivity contribution in [3.63, 3.8) is 0 Å². The molecule has 0 bridgehead atoms. The van der Waals surface area contributed by atoms with E-state index in [0.29, 0.717) is 0 Å². The summed E-state index contributed by atoms with van der Waals surface area (Å²) in [5.74, 6) is 0. The highest BCUT2D eigenvalue weighted by atomic mass is 14.7. The summed E-state index contributed by atoms with van der Waals surface area (Å²) in [5, 5.41) is 2.30. The van der Waals surface area contributed by atoms with Crippen LogP contribution in [0.1, 0.15) is 0 Å². The third-order valence-electron chi connectivity index (χ3n) is 7.12. The molecule has 0 unspecified atom stereocenters. The summed E-state index contributed by atoms with van der Waals surface area (Å²) >= 11 is 0. The van der Waals surface area contributed by atoms with Crippen LogP contribution < -0.4 is 0 Å². The van der Waals surface area contributed by atoms with E-state index in [0.717, 1.165) is 38.6 Å². The molecule has 7 rings (SSSR count). The highest BCUT2D eigenvalue weighted by Crippen LogP contribution is 2.37. The summed E-state index contributed by atoms with van der Waals surface area (Å²) < 4.78 is 0. The molecule has 0 radical (unpaired) electrons. The third-order valence-corrected chi connectivity index (χ3v) is 7.12. The molecule has 0 N–H and O–H groups in total. The van der Waals surface area contributed by atoms with Gasteiger partial charge < -0.3 is 0 Å². The quantitative estimate of drug-likeness (QED) is 0.249. The average molecular weight is 485 g/mol. The van der Waals surface area contributed by atoms with Gasteiger partial charge in [0, 0.05) is 22.5 Å². The van der Waals surface area contributed by atoms with Crippen molar-refractivity contribution in [1.82, 2.24) is 9.97 Å². The number of pyridine rings is 2. The topological polar surface area (TPSA) is 25.8 Å². The number of hydrogen-bond acceptors (Lipinski definition) is 2. The maximum atomic E-state index is 5.08. The number of para-hydroxylation sites is 1.